The number of carbonyl (C=O) groups is 1. The van der Waals surface area contributed by atoms with Gasteiger partial charge in [0, 0.05) is 71.0 Å². The lowest BCUT2D eigenvalue weighted by atomic mass is 10.2. The summed E-state index contributed by atoms with van der Waals surface area (Å²) in [6.07, 6.45) is 1.49. The first-order valence-corrected chi connectivity index (χ1v) is 12.7. The molecule has 0 radical (unpaired) electrons. The molecule has 3 saturated heterocycles. The van der Waals surface area contributed by atoms with Crippen LogP contribution in [-0.4, -0.2) is 117 Å². The van der Waals surface area contributed by atoms with Gasteiger partial charge in [-0.2, -0.15) is 11.8 Å². The van der Waals surface area contributed by atoms with E-state index < -0.39 is 10.0 Å². The molecule has 11 heteroatoms. The Morgan fingerprint density at radius 1 is 1.14 bits per heavy atom. The fourth-order valence-electron chi connectivity index (χ4n) is 3.69. The first-order chi connectivity index (χ1) is 13.5. The molecule has 0 bridgehead atoms. The second-order valence-corrected chi connectivity index (χ2v) is 10.4. The van der Waals surface area contributed by atoms with Gasteiger partial charge in [0.2, 0.25) is 10.0 Å². The molecule has 1 unspecified atom stereocenters. The molecule has 0 aromatic heterocycles. The molecule has 9 nitrogen and oxygen atoms in total. The number of nitrogens with zero attached hydrogens (tertiary/aromatic N) is 4. The first kappa shape index (κ1) is 21.7. The number of carbonyl (C=O) groups excluding carboxylic acids is 1. The highest BCUT2D eigenvalue weighted by molar-refractivity contribution is 7.99. The first-order valence-electron chi connectivity index (χ1n) is 9.93. The van der Waals surface area contributed by atoms with E-state index in [1.807, 2.05) is 4.90 Å². The van der Waals surface area contributed by atoms with Crippen LogP contribution in [0.25, 0.3) is 0 Å². The van der Waals surface area contributed by atoms with E-state index in [0.29, 0.717) is 58.4 Å². The van der Waals surface area contributed by atoms with E-state index in [4.69, 9.17) is 4.74 Å². The molecular weight excluding hydrogens is 402 g/mol. The average molecular weight is 434 g/mol. The molecule has 3 heterocycles. The van der Waals surface area contributed by atoms with Gasteiger partial charge < -0.3 is 19.9 Å². The maximum absolute atomic E-state index is 12.4. The van der Waals surface area contributed by atoms with Crippen LogP contribution in [-0.2, 0) is 19.6 Å². The van der Waals surface area contributed by atoms with Crippen LogP contribution in [0.1, 0.15) is 12.8 Å². The molecule has 0 aliphatic carbocycles. The molecule has 1 atom stereocenters. The Morgan fingerprint density at radius 3 is 2.43 bits per heavy atom. The summed E-state index contributed by atoms with van der Waals surface area (Å²) in [5.41, 5.74) is 0. The molecule has 1 amide bonds. The number of guanidine groups is 1. The fraction of sp³-hybridized carbons (Fsp3) is 0.882. The third-order valence-electron chi connectivity index (χ3n) is 5.31. The van der Waals surface area contributed by atoms with Crippen molar-refractivity contribution in [2.45, 2.75) is 18.9 Å². The summed E-state index contributed by atoms with van der Waals surface area (Å²) in [6.45, 7) is 4.80. The van der Waals surface area contributed by atoms with E-state index in [-0.39, 0.29) is 17.8 Å². The van der Waals surface area contributed by atoms with Gasteiger partial charge in [0.05, 0.1) is 5.75 Å². The molecule has 0 aromatic rings. The predicted molar refractivity (Wildman–Crippen MR) is 111 cm³/mol. The average Bonchev–Trinajstić information content (AvgIpc) is 3.26. The summed E-state index contributed by atoms with van der Waals surface area (Å²) in [5.74, 6) is 2.57. The molecule has 3 rings (SSSR count). The van der Waals surface area contributed by atoms with Crippen LogP contribution in [0.15, 0.2) is 4.99 Å². The molecule has 3 aliphatic rings. The predicted octanol–water partition coefficient (Wildman–Crippen LogP) is -0.736. The summed E-state index contributed by atoms with van der Waals surface area (Å²) < 4.78 is 32.0. The fourth-order valence-corrected chi connectivity index (χ4v) is 6.18. The molecule has 0 aromatic carbocycles. The summed E-state index contributed by atoms with van der Waals surface area (Å²) >= 11 is 1.79. The molecule has 1 N–H and O–H groups in total. The van der Waals surface area contributed by atoms with Crippen LogP contribution in [0.5, 0.6) is 0 Å². The molecule has 3 aliphatic heterocycles. The monoisotopic (exact) mass is 433 g/mol. The van der Waals surface area contributed by atoms with Crippen LogP contribution in [0.4, 0.5) is 0 Å². The topological polar surface area (TPSA) is 94.5 Å². The van der Waals surface area contributed by atoms with Crippen LogP contribution in [0.3, 0.4) is 0 Å². The van der Waals surface area contributed by atoms with Crippen LogP contribution in [0, 0.1) is 0 Å². The van der Waals surface area contributed by atoms with Crippen molar-refractivity contribution in [3.05, 3.63) is 0 Å². The maximum atomic E-state index is 12.4. The Balaban J connectivity index is 1.42. The van der Waals surface area contributed by atoms with Gasteiger partial charge in [-0.25, -0.2) is 12.7 Å². The highest BCUT2D eigenvalue weighted by Crippen LogP contribution is 2.16. The van der Waals surface area contributed by atoms with E-state index in [9.17, 15) is 13.2 Å². The Bertz CT molecular complexity index is 652. The van der Waals surface area contributed by atoms with Gasteiger partial charge in [-0.15, -0.1) is 0 Å². The largest absolute Gasteiger partial charge is 0.368 e. The standard InChI is InChI=1S/C17H31N5O4S2/c1-18-17(19-4-14-28(24,25)22-9-12-27-13-10-22)21-7-5-20(6-8-21)16(23)15-3-2-11-26-15/h15H,2-14H2,1H3,(H,18,19). The highest BCUT2D eigenvalue weighted by atomic mass is 32.2. The number of rotatable bonds is 5. The van der Waals surface area contributed by atoms with Crippen LogP contribution < -0.4 is 5.32 Å². The van der Waals surface area contributed by atoms with E-state index in [0.717, 1.165) is 24.3 Å². The molecule has 28 heavy (non-hydrogen) atoms. The van der Waals surface area contributed by atoms with Crippen LogP contribution >= 0.6 is 11.8 Å². The smallest absolute Gasteiger partial charge is 0.251 e. The third kappa shape index (κ3) is 5.52. The summed E-state index contributed by atoms with van der Waals surface area (Å²) in [7, 11) is -1.53. The number of amides is 1. The van der Waals surface area contributed by atoms with E-state index in [2.05, 4.69) is 15.2 Å². The molecule has 0 spiro atoms. The lowest BCUT2D eigenvalue weighted by Gasteiger charge is -2.37. The van der Waals surface area contributed by atoms with Crippen molar-refractivity contribution >= 4 is 33.7 Å². The zero-order valence-corrected chi connectivity index (χ0v) is 18.1. The van der Waals surface area contributed by atoms with E-state index in [1.165, 1.54) is 0 Å². The Labute approximate surface area is 171 Å². The van der Waals surface area contributed by atoms with Crippen molar-refractivity contribution in [2.75, 3.05) is 76.7 Å². The second kappa shape index (κ2) is 10.1. The number of nitrogens with one attached hydrogen (secondary N) is 1. The Hall–Kier alpha value is -1.04. The maximum Gasteiger partial charge on any atom is 0.251 e. The quantitative estimate of drug-likeness (QED) is 0.451. The van der Waals surface area contributed by atoms with Crippen LogP contribution in [0.2, 0.25) is 0 Å². The Morgan fingerprint density at radius 2 is 1.82 bits per heavy atom. The van der Waals surface area contributed by atoms with Crippen molar-refractivity contribution in [3.63, 3.8) is 0 Å². The molecule has 0 saturated carbocycles. The second-order valence-electron chi connectivity index (χ2n) is 7.12. The number of hydrogen-bond acceptors (Lipinski definition) is 6. The van der Waals surface area contributed by atoms with Crippen molar-refractivity contribution in [2.24, 2.45) is 4.99 Å². The zero-order chi connectivity index (χ0) is 20.0. The summed E-state index contributed by atoms with van der Waals surface area (Å²) in [4.78, 5) is 20.7. The number of hydrogen-bond donors (Lipinski definition) is 1. The highest BCUT2D eigenvalue weighted by Gasteiger charge is 2.31. The van der Waals surface area contributed by atoms with Gasteiger partial charge in [0.15, 0.2) is 5.96 Å². The number of aliphatic imine (C=N–C) groups is 1. The van der Waals surface area contributed by atoms with Crippen molar-refractivity contribution in [3.8, 4) is 0 Å². The number of piperazine rings is 1. The van der Waals surface area contributed by atoms with Gasteiger partial charge in [0.25, 0.3) is 5.91 Å². The molecule has 160 valence electrons. The van der Waals surface area contributed by atoms with Crippen molar-refractivity contribution in [1.82, 2.24) is 19.4 Å². The third-order valence-corrected chi connectivity index (χ3v) is 8.13. The van der Waals surface area contributed by atoms with Crippen molar-refractivity contribution in [1.29, 1.82) is 0 Å². The number of thioether (sulfide) groups is 1. The normalized spacial score (nSPS) is 25.2. The molecular formula is C17H31N5O4S2. The van der Waals surface area contributed by atoms with Gasteiger partial charge in [-0.1, -0.05) is 0 Å². The summed E-state index contributed by atoms with van der Waals surface area (Å²) in [6, 6.07) is 0. The minimum atomic E-state index is -3.23. The lowest BCUT2D eigenvalue weighted by molar-refractivity contribution is -0.142. The number of ether oxygens (including phenoxy) is 1. The summed E-state index contributed by atoms with van der Waals surface area (Å²) in [5, 5.41) is 3.17. The van der Waals surface area contributed by atoms with E-state index >= 15 is 0 Å². The van der Waals surface area contributed by atoms with Gasteiger partial charge in [-0.05, 0) is 12.8 Å². The minimum absolute atomic E-state index is 0.0636. The van der Waals surface area contributed by atoms with Gasteiger partial charge >= 0.3 is 0 Å². The Kier molecular flexibility index (Phi) is 7.84. The zero-order valence-electron chi connectivity index (χ0n) is 16.5. The van der Waals surface area contributed by atoms with Gasteiger partial charge in [0.1, 0.15) is 6.10 Å². The SMILES string of the molecule is CN=C(NCCS(=O)(=O)N1CCSCC1)N1CCN(C(=O)C2CCCO2)CC1. The molecule has 3 fully saturated rings. The minimum Gasteiger partial charge on any atom is -0.368 e. The van der Waals surface area contributed by atoms with Gasteiger partial charge in [-0.3, -0.25) is 9.79 Å². The lowest BCUT2D eigenvalue weighted by Crippen LogP contribution is -2.55. The van der Waals surface area contributed by atoms with E-state index in [1.54, 1.807) is 23.1 Å². The van der Waals surface area contributed by atoms with Crippen molar-refractivity contribution < 1.29 is 17.9 Å². The number of sulfonamides is 1.